The molecule has 0 radical (unpaired) electrons. The molecule has 2 rings (SSSR count). The zero-order valence-corrected chi connectivity index (χ0v) is 10.2. The average molecular weight is 234 g/mol. The Bertz CT molecular complexity index is 422. The summed E-state index contributed by atoms with van der Waals surface area (Å²) in [5, 5.41) is 11.8. The van der Waals surface area contributed by atoms with Crippen LogP contribution in [-0.4, -0.2) is 29.1 Å². The van der Waals surface area contributed by atoms with Crippen LogP contribution < -0.4 is 10.6 Å². The molecule has 0 saturated carbocycles. The van der Waals surface area contributed by atoms with Gasteiger partial charge in [0.15, 0.2) is 5.84 Å². The molecule has 0 aliphatic carbocycles. The zero-order chi connectivity index (χ0) is 12.4. The monoisotopic (exact) mass is 234 g/mol. The molecule has 0 bridgehead atoms. The maximum Gasteiger partial charge on any atom is 0.173 e. The van der Waals surface area contributed by atoms with Gasteiger partial charge in [-0.1, -0.05) is 19.0 Å². The van der Waals surface area contributed by atoms with Gasteiger partial charge in [0.1, 0.15) is 5.82 Å². The molecule has 2 atom stereocenters. The Kier molecular flexibility index (Phi) is 3.17. The van der Waals surface area contributed by atoms with Gasteiger partial charge in [-0.15, -0.1) is 0 Å². The van der Waals surface area contributed by atoms with E-state index in [2.05, 4.69) is 28.9 Å². The molecule has 2 heterocycles. The second-order valence-electron chi connectivity index (χ2n) is 4.72. The highest BCUT2D eigenvalue weighted by molar-refractivity contribution is 6.01. The zero-order valence-electron chi connectivity index (χ0n) is 10.2. The first-order valence-corrected chi connectivity index (χ1v) is 5.81. The van der Waals surface area contributed by atoms with Crippen LogP contribution in [0, 0.1) is 11.8 Å². The fourth-order valence-electron chi connectivity index (χ4n) is 2.21. The van der Waals surface area contributed by atoms with E-state index in [0.29, 0.717) is 17.4 Å². The minimum absolute atomic E-state index is 0.111. The number of aromatic nitrogens is 1. The summed E-state index contributed by atoms with van der Waals surface area (Å²) in [7, 11) is 0. The van der Waals surface area contributed by atoms with Crippen molar-refractivity contribution in [3.63, 3.8) is 0 Å². The molecule has 3 N–H and O–H groups in total. The lowest BCUT2D eigenvalue weighted by molar-refractivity contribution is 0.318. The minimum atomic E-state index is 0.111. The lowest BCUT2D eigenvalue weighted by atomic mass is 10.0. The first-order valence-electron chi connectivity index (χ1n) is 5.81. The Labute approximate surface area is 101 Å². The normalized spacial score (nSPS) is 25.3. The van der Waals surface area contributed by atoms with Gasteiger partial charge in [0.25, 0.3) is 0 Å². The third kappa shape index (κ3) is 2.18. The molecule has 17 heavy (non-hydrogen) atoms. The summed E-state index contributed by atoms with van der Waals surface area (Å²) in [6.07, 6.45) is 1.73. The number of nitrogens with zero attached hydrogens (tertiary/aromatic N) is 3. The van der Waals surface area contributed by atoms with Crippen LogP contribution in [0.25, 0.3) is 0 Å². The van der Waals surface area contributed by atoms with E-state index in [-0.39, 0.29) is 5.84 Å². The van der Waals surface area contributed by atoms with Gasteiger partial charge >= 0.3 is 0 Å². The Morgan fingerprint density at radius 1 is 1.47 bits per heavy atom. The molecule has 1 aliphatic heterocycles. The second kappa shape index (κ2) is 4.61. The lowest BCUT2D eigenvalue weighted by Crippen LogP contribution is -2.25. The summed E-state index contributed by atoms with van der Waals surface area (Å²) >= 11 is 0. The standard InChI is InChI=1S/C12H18N4O/c1-8-6-16(7-9(8)2)12-10(11(13)15-17)4-3-5-14-12/h3-5,8-9,17H,6-7H2,1-2H3,(H2,13,15). The van der Waals surface area contributed by atoms with Crippen LogP contribution in [-0.2, 0) is 0 Å². The van der Waals surface area contributed by atoms with Crippen LogP contribution in [0.15, 0.2) is 23.5 Å². The van der Waals surface area contributed by atoms with Crippen LogP contribution >= 0.6 is 0 Å². The molecule has 1 aromatic heterocycles. The molecular weight excluding hydrogens is 216 g/mol. The van der Waals surface area contributed by atoms with E-state index in [1.807, 2.05) is 6.07 Å². The van der Waals surface area contributed by atoms with Crippen molar-refractivity contribution in [2.75, 3.05) is 18.0 Å². The Hall–Kier alpha value is -1.78. The first-order chi connectivity index (χ1) is 8.13. The van der Waals surface area contributed by atoms with Gasteiger partial charge in [0, 0.05) is 19.3 Å². The summed E-state index contributed by atoms with van der Waals surface area (Å²) in [6, 6.07) is 3.62. The molecule has 5 nitrogen and oxygen atoms in total. The van der Waals surface area contributed by atoms with Crippen LogP contribution in [0.3, 0.4) is 0 Å². The van der Waals surface area contributed by atoms with Crippen molar-refractivity contribution in [3.8, 4) is 0 Å². The van der Waals surface area contributed by atoms with Crippen molar-refractivity contribution in [2.45, 2.75) is 13.8 Å². The van der Waals surface area contributed by atoms with Gasteiger partial charge < -0.3 is 15.8 Å². The van der Waals surface area contributed by atoms with Gasteiger partial charge in [-0.2, -0.15) is 0 Å². The van der Waals surface area contributed by atoms with Crippen LogP contribution in [0.2, 0.25) is 0 Å². The smallest absolute Gasteiger partial charge is 0.173 e. The third-order valence-corrected chi connectivity index (χ3v) is 3.46. The highest BCUT2D eigenvalue weighted by atomic mass is 16.4. The number of pyridine rings is 1. The average Bonchev–Trinajstić information content (AvgIpc) is 2.68. The Morgan fingerprint density at radius 2 is 2.12 bits per heavy atom. The summed E-state index contributed by atoms with van der Waals surface area (Å²) in [5.74, 6) is 2.19. The van der Waals surface area contributed by atoms with Crippen molar-refractivity contribution >= 4 is 11.7 Å². The third-order valence-electron chi connectivity index (χ3n) is 3.46. The van der Waals surface area contributed by atoms with Gasteiger partial charge in [-0.3, -0.25) is 0 Å². The molecule has 1 fully saturated rings. The molecular formula is C12H18N4O. The molecule has 1 aliphatic rings. The number of rotatable bonds is 2. The van der Waals surface area contributed by atoms with Crippen molar-refractivity contribution < 1.29 is 5.21 Å². The topological polar surface area (TPSA) is 74.7 Å². The highest BCUT2D eigenvalue weighted by Gasteiger charge is 2.28. The number of nitrogens with two attached hydrogens (primary N) is 1. The molecule has 5 heteroatoms. The van der Waals surface area contributed by atoms with E-state index in [1.165, 1.54) is 0 Å². The predicted octanol–water partition coefficient (Wildman–Crippen LogP) is 1.27. The predicted molar refractivity (Wildman–Crippen MR) is 67.3 cm³/mol. The van der Waals surface area contributed by atoms with Gasteiger partial charge in [0.2, 0.25) is 0 Å². The molecule has 2 unspecified atom stereocenters. The fraction of sp³-hybridized carbons (Fsp3) is 0.500. The number of anilines is 1. The SMILES string of the molecule is CC1CN(c2ncccc2C(N)=NO)CC1C. The molecule has 92 valence electrons. The van der Waals surface area contributed by atoms with Crippen molar-refractivity contribution in [3.05, 3.63) is 23.9 Å². The lowest BCUT2D eigenvalue weighted by Gasteiger charge is -2.19. The van der Waals surface area contributed by atoms with Gasteiger partial charge in [-0.05, 0) is 24.0 Å². The van der Waals surface area contributed by atoms with E-state index in [4.69, 9.17) is 10.9 Å². The van der Waals surface area contributed by atoms with E-state index in [1.54, 1.807) is 12.3 Å². The Balaban J connectivity index is 2.33. The van der Waals surface area contributed by atoms with E-state index < -0.39 is 0 Å². The first kappa shape index (κ1) is 11.7. The number of hydrogen-bond acceptors (Lipinski definition) is 4. The van der Waals surface area contributed by atoms with Crippen molar-refractivity contribution in [1.29, 1.82) is 0 Å². The van der Waals surface area contributed by atoms with Gasteiger partial charge in [-0.25, -0.2) is 4.98 Å². The highest BCUT2D eigenvalue weighted by Crippen LogP contribution is 2.28. The van der Waals surface area contributed by atoms with E-state index in [0.717, 1.165) is 18.9 Å². The fourth-order valence-corrected chi connectivity index (χ4v) is 2.21. The summed E-state index contributed by atoms with van der Waals surface area (Å²) in [4.78, 5) is 6.55. The van der Waals surface area contributed by atoms with Crippen LogP contribution in [0.5, 0.6) is 0 Å². The van der Waals surface area contributed by atoms with Crippen LogP contribution in [0.4, 0.5) is 5.82 Å². The van der Waals surface area contributed by atoms with Crippen molar-refractivity contribution in [1.82, 2.24) is 4.98 Å². The molecule has 0 spiro atoms. The number of amidine groups is 1. The minimum Gasteiger partial charge on any atom is -0.409 e. The maximum atomic E-state index is 8.78. The number of hydrogen-bond donors (Lipinski definition) is 2. The van der Waals surface area contributed by atoms with E-state index in [9.17, 15) is 0 Å². The van der Waals surface area contributed by atoms with Crippen LogP contribution in [0.1, 0.15) is 19.4 Å². The van der Waals surface area contributed by atoms with E-state index >= 15 is 0 Å². The molecule has 1 aromatic rings. The summed E-state index contributed by atoms with van der Waals surface area (Å²) in [6.45, 7) is 6.39. The number of oxime groups is 1. The molecule has 0 amide bonds. The summed E-state index contributed by atoms with van der Waals surface area (Å²) < 4.78 is 0. The molecule has 0 aromatic carbocycles. The second-order valence-corrected chi connectivity index (χ2v) is 4.72. The van der Waals surface area contributed by atoms with Crippen molar-refractivity contribution in [2.24, 2.45) is 22.7 Å². The maximum absolute atomic E-state index is 8.78. The largest absolute Gasteiger partial charge is 0.409 e. The quantitative estimate of drug-likeness (QED) is 0.350. The van der Waals surface area contributed by atoms with Gasteiger partial charge in [0.05, 0.1) is 5.56 Å². The summed E-state index contributed by atoms with van der Waals surface area (Å²) in [5.41, 5.74) is 6.36. The molecule has 1 saturated heterocycles. The Morgan fingerprint density at radius 3 is 2.71 bits per heavy atom.